The van der Waals surface area contributed by atoms with Crippen molar-refractivity contribution in [2.24, 2.45) is 0 Å². The highest BCUT2D eigenvalue weighted by molar-refractivity contribution is 9.10. The minimum atomic E-state index is -0.403. The van der Waals surface area contributed by atoms with Gasteiger partial charge in [0.25, 0.3) is 5.91 Å². The van der Waals surface area contributed by atoms with Crippen LogP contribution < -0.4 is 10.1 Å². The third kappa shape index (κ3) is 5.17. The minimum absolute atomic E-state index is 0.176. The van der Waals surface area contributed by atoms with Crippen LogP contribution in [0.15, 0.2) is 63.6 Å². The number of hydrogen-bond donors (Lipinski definition) is 1. The van der Waals surface area contributed by atoms with E-state index < -0.39 is 5.91 Å². The van der Waals surface area contributed by atoms with Gasteiger partial charge in [-0.15, -0.1) is 0 Å². The number of aromatic nitrogens is 2. The van der Waals surface area contributed by atoms with Crippen molar-refractivity contribution in [3.63, 3.8) is 0 Å². The molecule has 174 valence electrons. The third-order valence-electron chi connectivity index (χ3n) is 5.63. The van der Waals surface area contributed by atoms with Gasteiger partial charge in [0, 0.05) is 16.2 Å². The van der Waals surface area contributed by atoms with E-state index in [0.29, 0.717) is 32.6 Å². The van der Waals surface area contributed by atoms with Crippen molar-refractivity contribution in [1.82, 2.24) is 9.78 Å². The smallest absolute Gasteiger partial charge is 0.292 e. The Hall–Kier alpha value is -2.74. The maximum atomic E-state index is 12.7. The second kappa shape index (κ2) is 9.86. The van der Waals surface area contributed by atoms with Gasteiger partial charge in [-0.05, 0) is 88.3 Å². The van der Waals surface area contributed by atoms with Crippen molar-refractivity contribution >= 4 is 50.9 Å². The Bertz CT molecular complexity index is 1370. The summed E-state index contributed by atoms with van der Waals surface area (Å²) in [6, 6.07) is 14.8. The average Bonchev–Trinajstić information content (AvgIpc) is 3.54. The van der Waals surface area contributed by atoms with Crippen molar-refractivity contribution in [3.05, 3.63) is 97.5 Å². The lowest BCUT2D eigenvalue weighted by Crippen LogP contribution is -2.12. The first-order valence-corrected chi connectivity index (χ1v) is 12.3. The molecular weight excluding hydrogens is 541 g/mol. The van der Waals surface area contributed by atoms with Gasteiger partial charge in [-0.2, -0.15) is 5.10 Å². The lowest BCUT2D eigenvalue weighted by atomic mass is 10.1. The number of hydrogen-bond acceptors (Lipinski definition) is 4. The Morgan fingerprint density at radius 3 is 2.82 bits per heavy atom. The van der Waals surface area contributed by atoms with Crippen LogP contribution >= 0.6 is 39.1 Å². The van der Waals surface area contributed by atoms with E-state index in [1.165, 1.54) is 17.5 Å². The van der Waals surface area contributed by atoms with Gasteiger partial charge in [-0.1, -0.05) is 35.3 Å². The first kappa shape index (κ1) is 23.0. The first-order valence-electron chi connectivity index (χ1n) is 10.8. The lowest BCUT2D eigenvalue weighted by molar-refractivity contribution is 0.0992. The molecule has 9 heteroatoms. The molecule has 0 fully saturated rings. The summed E-state index contributed by atoms with van der Waals surface area (Å²) < 4.78 is 13.9. The molecule has 0 aliphatic heterocycles. The van der Waals surface area contributed by atoms with Crippen LogP contribution in [-0.4, -0.2) is 15.7 Å². The molecule has 0 unspecified atom stereocenters. The van der Waals surface area contributed by atoms with Gasteiger partial charge in [0.05, 0.1) is 11.0 Å². The predicted octanol–water partition coefficient (Wildman–Crippen LogP) is 6.91. The molecular formula is C25H20BrCl2N3O3. The molecule has 2 aromatic heterocycles. The van der Waals surface area contributed by atoms with E-state index in [0.717, 1.165) is 24.2 Å². The zero-order chi connectivity index (χ0) is 23.7. The highest BCUT2D eigenvalue weighted by Gasteiger charge is 2.17. The van der Waals surface area contributed by atoms with Gasteiger partial charge in [0.1, 0.15) is 18.1 Å². The number of aryl methyl sites for hydroxylation is 2. The normalized spacial score (nSPS) is 12.6. The Morgan fingerprint density at radius 2 is 1.97 bits per heavy atom. The van der Waals surface area contributed by atoms with Crippen LogP contribution in [0.1, 0.15) is 39.4 Å². The molecule has 1 N–H and O–H groups in total. The molecule has 1 aliphatic carbocycles. The van der Waals surface area contributed by atoms with Gasteiger partial charge in [-0.3, -0.25) is 9.48 Å². The molecule has 1 amide bonds. The minimum Gasteiger partial charge on any atom is -0.486 e. The first-order chi connectivity index (χ1) is 16.4. The molecule has 0 spiro atoms. The second-order valence-corrected chi connectivity index (χ2v) is 9.75. The van der Waals surface area contributed by atoms with E-state index in [1.807, 2.05) is 12.1 Å². The fraction of sp³-hybridized carbons (Fsp3) is 0.200. The van der Waals surface area contributed by atoms with E-state index >= 15 is 0 Å². The van der Waals surface area contributed by atoms with Crippen molar-refractivity contribution in [2.45, 2.75) is 32.4 Å². The fourth-order valence-electron chi connectivity index (χ4n) is 3.93. The van der Waals surface area contributed by atoms with E-state index in [2.05, 4.69) is 38.5 Å². The van der Waals surface area contributed by atoms with E-state index in [1.54, 1.807) is 35.1 Å². The topological polar surface area (TPSA) is 69.3 Å². The highest BCUT2D eigenvalue weighted by Crippen LogP contribution is 2.27. The van der Waals surface area contributed by atoms with E-state index in [4.69, 9.17) is 32.4 Å². The molecule has 34 heavy (non-hydrogen) atoms. The summed E-state index contributed by atoms with van der Waals surface area (Å²) in [5, 5.41) is 8.31. The summed E-state index contributed by atoms with van der Waals surface area (Å²) in [4.78, 5) is 12.7. The number of halogens is 3. The van der Waals surface area contributed by atoms with Crippen molar-refractivity contribution < 1.29 is 13.9 Å². The predicted molar refractivity (Wildman–Crippen MR) is 135 cm³/mol. The van der Waals surface area contributed by atoms with Crippen molar-refractivity contribution in [1.29, 1.82) is 0 Å². The van der Waals surface area contributed by atoms with Crippen LogP contribution in [-0.2, 0) is 26.0 Å². The number of carbonyl (C=O) groups excluding carboxylic acids is 1. The Morgan fingerprint density at radius 1 is 1.12 bits per heavy atom. The standard InChI is InChI=1S/C25H20BrCl2N3O3/c26-21-13-31(12-17-4-6-18(27)11-22(17)28)30-24(21)29-25(32)23-9-8-20(34-23)14-33-19-7-5-15-2-1-3-16(15)10-19/h4-11,13H,1-3,12,14H2,(H,29,30,32). The molecule has 5 rings (SSSR count). The van der Waals surface area contributed by atoms with E-state index in [-0.39, 0.29) is 12.4 Å². The number of nitrogens with zero attached hydrogens (tertiary/aromatic N) is 2. The number of anilines is 1. The van der Waals surface area contributed by atoms with Crippen molar-refractivity contribution in [3.8, 4) is 5.75 Å². The number of nitrogens with one attached hydrogen (secondary N) is 1. The monoisotopic (exact) mass is 559 g/mol. The fourth-order valence-corrected chi connectivity index (χ4v) is 4.81. The second-order valence-electron chi connectivity index (χ2n) is 8.05. The van der Waals surface area contributed by atoms with Gasteiger partial charge in [0.15, 0.2) is 11.6 Å². The number of amides is 1. The summed E-state index contributed by atoms with van der Waals surface area (Å²) in [5.41, 5.74) is 3.60. The average molecular weight is 561 g/mol. The number of carbonyl (C=O) groups is 1. The zero-order valence-corrected chi connectivity index (χ0v) is 21.1. The molecule has 2 aromatic carbocycles. The SMILES string of the molecule is O=C(Nc1nn(Cc2ccc(Cl)cc2Cl)cc1Br)c1ccc(COc2ccc3c(c2)CCC3)o1. The number of furan rings is 1. The van der Waals surface area contributed by atoms with Gasteiger partial charge in [0.2, 0.25) is 0 Å². The maximum absolute atomic E-state index is 12.7. The maximum Gasteiger partial charge on any atom is 0.292 e. The molecule has 0 radical (unpaired) electrons. The number of ether oxygens (including phenoxy) is 1. The quantitative estimate of drug-likeness (QED) is 0.266. The molecule has 6 nitrogen and oxygen atoms in total. The summed E-state index contributed by atoms with van der Waals surface area (Å²) >= 11 is 15.6. The van der Waals surface area contributed by atoms with Crippen LogP contribution in [0.25, 0.3) is 0 Å². The number of fused-ring (bicyclic) bond motifs is 1. The Kier molecular flexibility index (Phi) is 6.68. The molecule has 4 aromatic rings. The summed E-state index contributed by atoms with van der Waals surface area (Å²) in [6.45, 7) is 0.668. The highest BCUT2D eigenvalue weighted by atomic mass is 79.9. The third-order valence-corrected chi connectivity index (χ3v) is 6.80. The van der Waals surface area contributed by atoms with Crippen LogP contribution in [0, 0.1) is 0 Å². The Labute approximate surface area is 214 Å². The van der Waals surface area contributed by atoms with Gasteiger partial charge >= 0.3 is 0 Å². The lowest BCUT2D eigenvalue weighted by Gasteiger charge is -2.06. The molecule has 0 saturated carbocycles. The Balaban J connectivity index is 1.20. The molecule has 2 heterocycles. The van der Waals surface area contributed by atoms with Crippen LogP contribution in [0.5, 0.6) is 5.75 Å². The number of benzene rings is 2. The van der Waals surface area contributed by atoms with Crippen LogP contribution in [0.2, 0.25) is 10.0 Å². The van der Waals surface area contributed by atoms with Crippen LogP contribution in [0.3, 0.4) is 0 Å². The molecule has 0 saturated heterocycles. The molecule has 1 aliphatic rings. The largest absolute Gasteiger partial charge is 0.486 e. The van der Waals surface area contributed by atoms with Gasteiger partial charge < -0.3 is 14.5 Å². The molecule has 0 atom stereocenters. The van der Waals surface area contributed by atoms with Gasteiger partial charge in [-0.25, -0.2) is 0 Å². The number of rotatable bonds is 7. The summed E-state index contributed by atoms with van der Waals surface area (Å²) in [6.07, 6.45) is 5.18. The summed E-state index contributed by atoms with van der Waals surface area (Å²) in [7, 11) is 0. The van der Waals surface area contributed by atoms with Crippen molar-refractivity contribution in [2.75, 3.05) is 5.32 Å². The summed E-state index contributed by atoms with van der Waals surface area (Å²) in [5.74, 6) is 1.52. The zero-order valence-electron chi connectivity index (χ0n) is 18.0. The van der Waals surface area contributed by atoms with Crippen LogP contribution in [0.4, 0.5) is 5.82 Å². The molecule has 0 bridgehead atoms. The van der Waals surface area contributed by atoms with E-state index in [9.17, 15) is 4.79 Å².